The van der Waals surface area contributed by atoms with Crippen LogP contribution in [0.1, 0.15) is 37.7 Å². The number of amides is 1. The third-order valence-corrected chi connectivity index (χ3v) is 3.42. The summed E-state index contributed by atoms with van der Waals surface area (Å²) in [4.78, 5) is 11.9. The van der Waals surface area contributed by atoms with Crippen molar-refractivity contribution in [2.75, 3.05) is 17.7 Å². The summed E-state index contributed by atoms with van der Waals surface area (Å²) < 4.78 is 5.59. The fraction of sp³-hybridized carbons (Fsp3) is 0.467. The number of carbonyl (C=O) groups is 1. The smallest absolute Gasteiger partial charge is 0.224 e. The number of nitrogens with two attached hydrogens (primary N) is 1. The van der Waals surface area contributed by atoms with E-state index < -0.39 is 0 Å². The van der Waals surface area contributed by atoms with Crippen LogP contribution in [0.2, 0.25) is 0 Å². The summed E-state index contributed by atoms with van der Waals surface area (Å²) in [6.45, 7) is 0.800. The third-order valence-electron chi connectivity index (χ3n) is 3.42. The second-order valence-electron chi connectivity index (χ2n) is 4.99. The molecule has 1 aromatic carbocycles. The Hall–Kier alpha value is -2.06. The summed E-state index contributed by atoms with van der Waals surface area (Å²) in [5, 5.41) is 11.5. The van der Waals surface area contributed by atoms with Crippen molar-refractivity contribution in [3.8, 4) is 6.07 Å². The number of hydrogen-bond acceptors (Lipinski definition) is 4. The first kappa shape index (κ1) is 14.4. The number of nitrogen functional groups attached to an aromatic ring is 1. The molecule has 1 fully saturated rings. The first-order valence-electron chi connectivity index (χ1n) is 6.90. The highest BCUT2D eigenvalue weighted by Gasteiger charge is 2.15. The number of hydrogen-bond donors (Lipinski definition) is 2. The van der Waals surface area contributed by atoms with Crippen molar-refractivity contribution < 1.29 is 9.53 Å². The molecule has 0 bridgehead atoms. The number of ether oxygens (including phenoxy) is 1. The number of nitrogens with zero attached hydrogens (tertiary/aromatic N) is 1. The molecule has 1 aliphatic heterocycles. The number of carbonyl (C=O) groups excluding carboxylic acids is 1. The van der Waals surface area contributed by atoms with E-state index in [0.717, 1.165) is 25.9 Å². The Kier molecular flexibility index (Phi) is 4.97. The van der Waals surface area contributed by atoms with Gasteiger partial charge in [0.05, 0.1) is 29.1 Å². The molecule has 5 nitrogen and oxygen atoms in total. The van der Waals surface area contributed by atoms with Crippen LogP contribution in [0.25, 0.3) is 0 Å². The molecule has 0 saturated carbocycles. The molecule has 1 amide bonds. The molecular formula is C15H19N3O2. The third kappa shape index (κ3) is 3.97. The lowest BCUT2D eigenvalue weighted by Crippen LogP contribution is -2.22. The molecule has 1 atom stereocenters. The highest BCUT2D eigenvalue weighted by Crippen LogP contribution is 2.21. The van der Waals surface area contributed by atoms with Gasteiger partial charge >= 0.3 is 0 Å². The van der Waals surface area contributed by atoms with E-state index in [2.05, 4.69) is 5.32 Å². The summed E-state index contributed by atoms with van der Waals surface area (Å²) >= 11 is 0. The van der Waals surface area contributed by atoms with E-state index in [0.29, 0.717) is 23.4 Å². The van der Waals surface area contributed by atoms with E-state index >= 15 is 0 Å². The number of rotatable bonds is 4. The van der Waals surface area contributed by atoms with Crippen molar-refractivity contribution >= 4 is 17.3 Å². The van der Waals surface area contributed by atoms with Crippen LogP contribution < -0.4 is 11.1 Å². The number of nitriles is 1. The van der Waals surface area contributed by atoms with Crippen LogP contribution in [0.4, 0.5) is 11.4 Å². The lowest BCUT2D eigenvalue weighted by molar-refractivity contribution is -0.117. The Balaban J connectivity index is 1.83. The molecule has 1 aliphatic rings. The molecule has 1 aromatic rings. The van der Waals surface area contributed by atoms with Gasteiger partial charge in [-0.25, -0.2) is 0 Å². The van der Waals surface area contributed by atoms with Crippen LogP contribution in [0.3, 0.4) is 0 Å². The van der Waals surface area contributed by atoms with Gasteiger partial charge < -0.3 is 15.8 Å². The van der Waals surface area contributed by atoms with Gasteiger partial charge in [0.15, 0.2) is 0 Å². The first-order valence-corrected chi connectivity index (χ1v) is 6.90. The Morgan fingerprint density at radius 3 is 3.00 bits per heavy atom. The number of anilines is 2. The maximum atomic E-state index is 11.9. The van der Waals surface area contributed by atoms with Gasteiger partial charge in [-0.3, -0.25) is 4.79 Å². The predicted octanol–water partition coefficient (Wildman–Crippen LogP) is 2.43. The van der Waals surface area contributed by atoms with Crippen LogP contribution in [0.5, 0.6) is 0 Å². The predicted molar refractivity (Wildman–Crippen MR) is 77.0 cm³/mol. The first-order chi connectivity index (χ1) is 9.69. The van der Waals surface area contributed by atoms with Gasteiger partial charge in [0.2, 0.25) is 5.91 Å². The molecule has 0 radical (unpaired) electrons. The van der Waals surface area contributed by atoms with Crippen molar-refractivity contribution in [3.05, 3.63) is 23.8 Å². The van der Waals surface area contributed by atoms with Crippen molar-refractivity contribution in [1.29, 1.82) is 5.26 Å². The van der Waals surface area contributed by atoms with Crippen LogP contribution in [0.15, 0.2) is 18.2 Å². The van der Waals surface area contributed by atoms with E-state index in [9.17, 15) is 4.79 Å². The molecule has 5 heteroatoms. The van der Waals surface area contributed by atoms with Gasteiger partial charge in [0.25, 0.3) is 0 Å². The minimum Gasteiger partial charge on any atom is -0.397 e. The SMILES string of the molecule is N#Cc1ccc(NC(=O)CCC2CCCCO2)c(N)c1. The molecule has 106 valence electrons. The van der Waals surface area contributed by atoms with Crippen LogP contribution >= 0.6 is 0 Å². The Bertz CT molecular complexity index is 516. The van der Waals surface area contributed by atoms with Gasteiger partial charge in [0, 0.05) is 13.0 Å². The molecule has 0 aromatic heterocycles. The minimum atomic E-state index is -0.0735. The molecule has 1 heterocycles. The Morgan fingerprint density at radius 2 is 2.35 bits per heavy atom. The maximum Gasteiger partial charge on any atom is 0.224 e. The monoisotopic (exact) mass is 273 g/mol. The van der Waals surface area contributed by atoms with Crippen molar-refractivity contribution in [1.82, 2.24) is 0 Å². The summed E-state index contributed by atoms with van der Waals surface area (Å²) in [6.07, 6.45) is 4.69. The summed E-state index contributed by atoms with van der Waals surface area (Å²) in [6, 6.07) is 6.85. The molecule has 3 N–H and O–H groups in total. The fourth-order valence-electron chi connectivity index (χ4n) is 2.29. The normalized spacial score (nSPS) is 18.2. The molecule has 0 aliphatic carbocycles. The van der Waals surface area contributed by atoms with Crippen molar-refractivity contribution in [2.45, 2.75) is 38.2 Å². The largest absolute Gasteiger partial charge is 0.397 e. The van der Waals surface area contributed by atoms with Gasteiger partial charge in [-0.05, 0) is 43.9 Å². The zero-order valence-electron chi connectivity index (χ0n) is 11.4. The van der Waals surface area contributed by atoms with E-state index in [4.69, 9.17) is 15.7 Å². The standard InChI is InChI=1S/C15H19N3O2/c16-10-11-4-6-14(13(17)9-11)18-15(19)7-5-12-3-1-2-8-20-12/h4,6,9,12H,1-3,5,7-8,17H2,(H,18,19). The average molecular weight is 273 g/mol. The van der Waals surface area contributed by atoms with Gasteiger partial charge in [0.1, 0.15) is 0 Å². The van der Waals surface area contributed by atoms with Gasteiger partial charge in [-0.15, -0.1) is 0 Å². The molecular weight excluding hydrogens is 254 g/mol. The topological polar surface area (TPSA) is 88.1 Å². The summed E-state index contributed by atoms with van der Waals surface area (Å²) in [5.41, 5.74) is 7.24. The van der Waals surface area contributed by atoms with Crippen LogP contribution in [0, 0.1) is 11.3 Å². The van der Waals surface area contributed by atoms with E-state index in [-0.39, 0.29) is 12.0 Å². The maximum absolute atomic E-state index is 11.9. The molecule has 1 saturated heterocycles. The quantitative estimate of drug-likeness (QED) is 0.825. The summed E-state index contributed by atoms with van der Waals surface area (Å²) in [5.74, 6) is -0.0735. The summed E-state index contributed by atoms with van der Waals surface area (Å²) in [7, 11) is 0. The lowest BCUT2D eigenvalue weighted by atomic mass is 10.0. The second kappa shape index (κ2) is 6.92. The van der Waals surface area contributed by atoms with Crippen LogP contribution in [-0.2, 0) is 9.53 Å². The molecule has 1 unspecified atom stereocenters. The van der Waals surface area contributed by atoms with E-state index in [1.165, 1.54) is 6.42 Å². The van der Waals surface area contributed by atoms with E-state index in [1.807, 2.05) is 6.07 Å². The van der Waals surface area contributed by atoms with Crippen molar-refractivity contribution in [2.24, 2.45) is 0 Å². The van der Waals surface area contributed by atoms with E-state index in [1.54, 1.807) is 18.2 Å². The Labute approximate surface area is 118 Å². The van der Waals surface area contributed by atoms with Gasteiger partial charge in [-0.2, -0.15) is 5.26 Å². The van der Waals surface area contributed by atoms with Gasteiger partial charge in [-0.1, -0.05) is 0 Å². The molecule has 0 spiro atoms. The average Bonchev–Trinajstić information content (AvgIpc) is 2.48. The fourth-order valence-corrected chi connectivity index (χ4v) is 2.29. The zero-order chi connectivity index (χ0) is 14.4. The number of nitrogens with one attached hydrogen (secondary N) is 1. The Morgan fingerprint density at radius 1 is 1.50 bits per heavy atom. The zero-order valence-corrected chi connectivity index (χ0v) is 11.4. The van der Waals surface area contributed by atoms with Crippen molar-refractivity contribution in [3.63, 3.8) is 0 Å². The lowest BCUT2D eigenvalue weighted by Gasteiger charge is -2.22. The second-order valence-corrected chi connectivity index (χ2v) is 4.99. The molecule has 2 rings (SSSR count). The number of benzene rings is 1. The minimum absolute atomic E-state index is 0.0735. The highest BCUT2D eigenvalue weighted by molar-refractivity contribution is 5.93. The molecule has 20 heavy (non-hydrogen) atoms. The highest BCUT2D eigenvalue weighted by atomic mass is 16.5. The van der Waals surface area contributed by atoms with Crippen LogP contribution in [-0.4, -0.2) is 18.6 Å².